The Morgan fingerprint density at radius 2 is 2.06 bits per heavy atom. The van der Waals surface area contributed by atoms with Crippen LogP contribution in [0.3, 0.4) is 0 Å². The quantitative estimate of drug-likeness (QED) is 0.846. The van der Waals surface area contributed by atoms with Crippen molar-refractivity contribution in [3.05, 3.63) is 21.5 Å². The highest BCUT2D eigenvalue weighted by molar-refractivity contribution is 7.21. The van der Waals surface area contributed by atoms with Crippen molar-refractivity contribution >= 4 is 22.7 Å². The van der Waals surface area contributed by atoms with Gasteiger partial charge in [-0.25, -0.2) is 0 Å². The van der Waals surface area contributed by atoms with Crippen molar-refractivity contribution in [2.45, 2.75) is 26.7 Å². The number of aryl methyl sites for hydroxylation is 3. The van der Waals surface area contributed by atoms with E-state index in [9.17, 15) is 0 Å². The zero-order valence-corrected chi connectivity index (χ0v) is 12.0. The minimum atomic E-state index is 1.02. The van der Waals surface area contributed by atoms with Gasteiger partial charge in [-0.2, -0.15) is 0 Å². The van der Waals surface area contributed by atoms with Crippen LogP contribution >= 0.6 is 22.7 Å². The number of thiophene rings is 1. The highest BCUT2D eigenvalue weighted by atomic mass is 32.1. The molecule has 0 aliphatic carbocycles. The maximum atomic E-state index is 4.28. The number of nitrogens with zero attached hydrogens (tertiary/aromatic N) is 2. The Morgan fingerprint density at radius 3 is 2.71 bits per heavy atom. The highest BCUT2D eigenvalue weighted by Gasteiger charge is 2.10. The topological polar surface area (TPSA) is 37.8 Å². The molecule has 92 valence electrons. The Kier molecular flexibility index (Phi) is 4.25. The number of aromatic nitrogens is 2. The number of rotatable bonds is 5. The molecular weight excluding hydrogens is 250 g/mol. The summed E-state index contributed by atoms with van der Waals surface area (Å²) >= 11 is 3.52. The van der Waals surface area contributed by atoms with Gasteiger partial charge in [0.05, 0.1) is 4.88 Å². The summed E-state index contributed by atoms with van der Waals surface area (Å²) in [5.74, 6) is 0. The fourth-order valence-electron chi connectivity index (χ4n) is 1.55. The second-order valence-corrected chi connectivity index (χ2v) is 6.38. The van der Waals surface area contributed by atoms with Gasteiger partial charge in [0.25, 0.3) is 0 Å². The van der Waals surface area contributed by atoms with Crippen LogP contribution in [0.2, 0.25) is 0 Å². The Hall–Kier alpha value is -0.780. The molecule has 2 heterocycles. The first kappa shape index (κ1) is 12.7. The molecule has 0 saturated heterocycles. The first-order valence-electron chi connectivity index (χ1n) is 5.75. The molecule has 0 unspecified atom stereocenters. The van der Waals surface area contributed by atoms with E-state index in [1.54, 1.807) is 22.7 Å². The summed E-state index contributed by atoms with van der Waals surface area (Å²) in [6, 6.07) is 2.21. The zero-order valence-electron chi connectivity index (χ0n) is 10.4. The molecule has 2 aromatic rings. The third-order valence-electron chi connectivity index (χ3n) is 2.66. The van der Waals surface area contributed by atoms with Gasteiger partial charge in [-0.05, 0) is 45.5 Å². The first-order chi connectivity index (χ1) is 8.20. The van der Waals surface area contributed by atoms with Gasteiger partial charge in [-0.1, -0.05) is 11.3 Å². The SMILES string of the molecule is CNCCCc1nnc(-c2cc(C)c(C)s2)s1. The van der Waals surface area contributed by atoms with Crippen LogP contribution in [0.4, 0.5) is 0 Å². The molecular formula is C12H17N3S2. The minimum absolute atomic E-state index is 1.02. The van der Waals surface area contributed by atoms with E-state index >= 15 is 0 Å². The van der Waals surface area contributed by atoms with Crippen molar-refractivity contribution in [2.24, 2.45) is 0 Å². The molecule has 2 aromatic heterocycles. The van der Waals surface area contributed by atoms with Gasteiger partial charge in [0, 0.05) is 11.3 Å². The lowest BCUT2D eigenvalue weighted by Gasteiger charge is -1.94. The fourth-order valence-corrected chi connectivity index (χ4v) is 3.51. The van der Waals surface area contributed by atoms with Crippen LogP contribution in [0.15, 0.2) is 6.07 Å². The smallest absolute Gasteiger partial charge is 0.157 e. The predicted molar refractivity (Wildman–Crippen MR) is 74.9 cm³/mol. The second kappa shape index (κ2) is 5.71. The number of hydrogen-bond acceptors (Lipinski definition) is 5. The lowest BCUT2D eigenvalue weighted by atomic mass is 10.3. The maximum absolute atomic E-state index is 4.28. The van der Waals surface area contributed by atoms with Crippen molar-refractivity contribution in [3.8, 4) is 9.88 Å². The van der Waals surface area contributed by atoms with E-state index in [1.165, 1.54) is 15.3 Å². The fraction of sp³-hybridized carbons (Fsp3) is 0.500. The largest absolute Gasteiger partial charge is 0.320 e. The first-order valence-corrected chi connectivity index (χ1v) is 7.38. The predicted octanol–water partition coefficient (Wildman–Crippen LogP) is 3.04. The summed E-state index contributed by atoms with van der Waals surface area (Å²) in [5, 5.41) is 13.9. The molecule has 3 nitrogen and oxygen atoms in total. The van der Waals surface area contributed by atoms with Crippen LogP contribution in [0.1, 0.15) is 21.9 Å². The van der Waals surface area contributed by atoms with Crippen molar-refractivity contribution < 1.29 is 0 Å². The van der Waals surface area contributed by atoms with Gasteiger partial charge in [0.1, 0.15) is 5.01 Å². The average Bonchev–Trinajstić information content (AvgIpc) is 2.88. The number of hydrogen-bond donors (Lipinski definition) is 1. The normalized spacial score (nSPS) is 11.0. The van der Waals surface area contributed by atoms with Crippen molar-refractivity contribution in [3.63, 3.8) is 0 Å². The number of nitrogens with one attached hydrogen (secondary N) is 1. The molecule has 2 rings (SSSR count). The Balaban J connectivity index is 2.07. The Morgan fingerprint density at radius 1 is 1.24 bits per heavy atom. The molecule has 5 heteroatoms. The van der Waals surface area contributed by atoms with Gasteiger partial charge < -0.3 is 5.32 Å². The second-order valence-electron chi connectivity index (χ2n) is 4.06. The van der Waals surface area contributed by atoms with E-state index < -0.39 is 0 Å². The zero-order chi connectivity index (χ0) is 12.3. The van der Waals surface area contributed by atoms with Crippen LogP contribution in [0.5, 0.6) is 0 Å². The molecule has 17 heavy (non-hydrogen) atoms. The molecule has 0 atom stereocenters. The van der Waals surface area contributed by atoms with E-state index in [0.29, 0.717) is 0 Å². The monoisotopic (exact) mass is 267 g/mol. The van der Waals surface area contributed by atoms with E-state index in [-0.39, 0.29) is 0 Å². The summed E-state index contributed by atoms with van der Waals surface area (Å²) in [4.78, 5) is 2.62. The Bertz CT molecular complexity index is 468. The Labute approximate surface area is 110 Å². The summed E-state index contributed by atoms with van der Waals surface area (Å²) in [5.41, 5.74) is 1.34. The van der Waals surface area contributed by atoms with E-state index in [2.05, 4.69) is 35.4 Å². The van der Waals surface area contributed by atoms with Crippen molar-refractivity contribution in [2.75, 3.05) is 13.6 Å². The lowest BCUT2D eigenvalue weighted by molar-refractivity contribution is 0.718. The summed E-state index contributed by atoms with van der Waals surface area (Å²) < 4.78 is 0. The third-order valence-corrected chi connectivity index (χ3v) is 4.97. The molecule has 1 N–H and O–H groups in total. The summed E-state index contributed by atoms with van der Waals surface area (Å²) in [6.45, 7) is 5.33. The van der Waals surface area contributed by atoms with Crippen molar-refractivity contribution in [1.82, 2.24) is 15.5 Å². The van der Waals surface area contributed by atoms with Crippen molar-refractivity contribution in [1.29, 1.82) is 0 Å². The van der Waals surface area contributed by atoms with Crippen LogP contribution in [-0.2, 0) is 6.42 Å². The summed E-state index contributed by atoms with van der Waals surface area (Å²) in [7, 11) is 1.97. The standard InChI is InChI=1S/C12H17N3S2/c1-8-7-10(16-9(8)2)12-15-14-11(17-12)5-4-6-13-3/h7,13H,4-6H2,1-3H3. The van der Waals surface area contributed by atoms with Gasteiger partial charge in [-0.15, -0.1) is 21.5 Å². The van der Waals surface area contributed by atoms with Gasteiger partial charge in [-0.3, -0.25) is 0 Å². The molecule has 0 bridgehead atoms. The molecule has 0 spiro atoms. The van der Waals surface area contributed by atoms with Crippen LogP contribution in [-0.4, -0.2) is 23.8 Å². The molecule has 0 saturated carbocycles. The van der Waals surface area contributed by atoms with E-state index in [0.717, 1.165) is 29.4 Å². The molecule has 0 fully saturated rings. The van der Waals surface area contributed by atoms with Crippen LogP contribution < -0.4 is 5.32 Å². The molecule has 0 radical (unpaired) electrons. The highest BCUT2D eigenvalue weighted by Crippen LogP contribution is 2.32. The van der Waals surface area contributed by atoms with Crippen LogP contribution in [0, 0.1) is 13.8 Å². The molecule has 0 aliphatic rings. The van der Waals surface area contributed by atoms with Gasteiger partial charge >= 0.3 is 0 Å². The lowest BCUT2D eigenvalue weighted by Crippen LogP contribution is -2.08. The van der Waals surface area contributed by atoms with Crippen LogP contribution in [0.25, 0.3) is 9.88 Å². The maximum Gasteiger partial charge on any atom is 0.157 e. The summed E-state index contributed by atoms with van der Waals surface area (Å²) in [6.07, 6.45) is 2.13. The third kappa shape index (κ3) is 3.12. The average molecular weight is 267 g/mol. The van der Waals surface area contributed by atoms with E-state index in [1.807, 2.05) is 7.05 Å². The minimum Gasteiger partial charge on any atom is -0.320 e. The molecule has 0 aromatic carbocycles. The van der Waals surface area contributed by atoms with E-state index in [4.69, 9.17) is 0 Å². The molecule has 0 aliphatic heterocycles. The van der Waals surface area contributed by atoms with Gasteiger partial charge in [0.2, 0.25) is 0 Å². The van der Waals surface area contributed by atoms with Gasteiger partial charge in [0.15, 0.2) is 5.01 Å². The molecule has 0 amide bonds.